The van der Waals surface area contributed by atoms with Crippen LogP contribution in [0.3, 0.4) is 0 Å². The van der Waals surface area contributed by atoms with Gasteiger partial charge in [-0.25, -0.2) is 0 Å². The number of ether oxygens (including phenoxy) is 2. The smallest absolute Gasteiger partial charge is 0.186 e. The maximum absolute atomic E-state index is 9.76. The number of aliphatic hydroxyl groups excluding tert-OH is 2. The lowest BCUT2D eigenvalue weighted by molar-refractivity contribution is -0.244. The molecule has 0 bridgehead atoms. The summed E-state index contributed by atoms with van der Waals surface area (Å²) in [7, 11) is 0. The highest BCUT2D eigenvalue weighted by Gasteiger charge is 2.37. The molecule has 0 saturated carbocycles. The maximum atomic E-state index is 9.76. The quantitative estimate of drug-likeness (QED) is 0.819. The fourth-order valence-corrected chi connectivity index (χ4v) is 2.12. The molecule has 0 aliphatic carbocycles. The van der Waals surface area contributed by atoms with Crippen molar-refractivity contribution in [2.45, 2.75) is 29.9 Å². The largest absolute Gasteiger partial charge is 0.389 e. The Kier molecular flexibility index (Phi) is 4.53. The summed E-state index contributed by atoms with van der Waals surface area (Å²) in [4.78, 5) is -0.255. The molecule has 4 nitrogen and oxygen atoms in total. The summed E-state index contributed by atoms with van der Waals surface area (Å²) in [6.45, 7) is 0.667. The summed E-state index contributed by atoms with van der Waals surface area (Å²) in [6, 6.07) is 9.62. The summed E-state index contributed by atoms with van der Waals surface area (Å²) in [5, 5.41) is 19.4. The molecule has 0 radical (unpaired) electrons. The van der Waals surface area contributed by atoms with Crippen LogP contribution < -0.4 is 0 Å². The zero-order valence-electron chi connectivity index (χ0n) is 9.20. The van der Waals surface area contributed by atoms with Crippen LogP contribution in [0.1, 0.15) is 5.56 Å². The van der Waals surface area contributed by atoms with E-state index in [0.717, 1.165) is 5.56 Å². The molecule has 0 amide bonds. The number of benzene rings is 1. The summed E-state index contributed by atoms with van der Waals surface area (Å²) >= 11 is 3.23. The van der Waals surface area contributed by atoms with Gasteiger partial charge in [0, 0.05) is 0 Å². The van der Waals surface area contributed by atoms with E-state index in [1.165, 1.54) is 0 Å². The Labute approximate surface area is 108 Å². The Morgan fingerprint density at radius 1 is 1.24 bits per heavy atom. The minimum atomic E-state index is -1.03. The molecule has 0 unspecified atom stereocenters. The van der Waals surface area contributed by atoms with Gasteiger partial charge in [0.15, 0.2) is 6.29 Å². The molecule has 0 aromatic heterocycles. The van der Waals surface area contributed by atoms with Gasteiger partial charge in [-0.15, -0.1) is 0 Å². The normalized spacial score (nSPS) is 33.6. The van der Waals surface area contributed by atoms with Gasteiger partial charge in [0.25, 0.3) is 0 Å². The molecule has 1 fully saturated rings. The van der Waals surface area contributed by atoms with Crippen LogP contribution in [0.5, 0.6) is 0 Å². The Morgan fingerprint density at radius 2 is 1.94 bits per heavy atom. The van der Waals surface area contributed by atoms with Crippen LogP contribution in [0.15, 0.2) is 30.3 Å². The van der Waals surface area contributed by atoms with Crippen molar-refractivity contribution >= 4 is 15.9 Å². The number of aliphatic hydroxyl groups is 2. The van der Waals surface area contributed by atoms with E-state index in [1.54, 1.807) is 0 Å². The fourth-order valence-electron chi connectivity index (χ4n) is 1.66. The molecule has 4 atom stereocenters. The molecular weight excluding hydrogens is 288 g/mol. The molecule has 1 aliphatic rings. The van der Waals surface area contributed by atoms with E-state index in [1.807, 2.05) is 30.3 Å². The monoisotopic (exact) mass is 302 g/mol. The van der Waals surface area contributed by atoms with Crippen molar-refractivity contribution in [1.82, 2.24) is 0 Å². The van der Waals surface area contributed by atoms with Crippen LogP contribution in [-0.2, 0) is 16.1 Å². The van der Waals surface area contributed by atoms with Crippen LogP contribution in [-0.4, -0.2) is 40.1 Å². The topological polar surface area (TPSA) is 58.9 Å². The second-order valence-corrected chi connectivity index (χ2v) is 5.17. The lowest BCUT2D eigenvalue weighted by Gasteiger charge is -2.34. The molecule has 94 valence electrons. The zero-order valence-corrected chi connectivity index (χ0v) is 10.8. The first kappa shape index (κ1) is 13.0. The molecule has 2 N–H and O–H groups in total. The van der Waals surface area contributed by atoms with Gasteiger partial charge >= 0.3 is 0 Å². The third-order valence-corrected chi connectivity index (χ3v) is 3.48. The minimum absolute atomic E-state index is 0.255. The molecule has 1 saturated heterocycles. The molecule has 1 heterocycles. The number of alkyl halides is 1. The summed E-state index contributed by atoms with van der Waals surface area (Å²) in [5.74, 6) is 0. The Hall–Kier alpha value is -0.460. The van der Waals surface area contributed by atoms with Gasteiger partial charge in [0.2, 0.25) is 0 Å². The average molecular weight is 303 g/mol. The fraction of sp³-hybridized carbons (Fsp3) is 0.500. The first-order valence-electron chi connectivity index (χ1n) is 5.46. The van der Waals surface area contributed by atoms with Crippen molar-refractivity contribution in [2.75, 3.05) is 6.61 Å². The molecular formula is C12H15BrO4. The summed E-state index contributed by atoms with van der Waals surface area (Å²) in [6.07, 6.45) is -2.68. The second kappa shape index (κ2) is 5.93. The van der Waals surface area contributed by atoms with Gasteiger partial charge in [0.05, 0.1) is 24.1 Å². The third kappa shape index (κ3) is 3.26. The number of hydrogen-bond acceptors (Lipinski definition) is 4. The first-order valence-corrected chi connectivity index (χ1v) is 6.37. The van der Waals surface area contributed by atoms with Gasteiger partial charge < -0.3 is 19.7 Å². The lowest BCUT2D eigenvalue weighted by atomic mass is 10.1. The van der Waals surface area contributed by atoms with Gasteiger partial charge in [-0.3, -0.25) is 0 Å². The van der Waals surface area contributed by atoms with Crippen LogP contribution in [0, 0.1) is 0 Å². The van der Waals surface area contributed by atoms with E-state index >= 15 is 0 Å². The highest BCUT2D eigenvalue weighted by atomic mass is 79.9. The SMILES string of the molecule is O[C@@H]1[C@@H](OCc2ccccc2)OC[C@@H](Br)[C@@H]1O. The second-order valence-electron chi connectivity index (χ2n) is 4.00. The van der Waals surface area contributed by atoms with E-state index in [-0.39, 0.29) is 4.83 Å². The zero-order chi connectivity index (χ0) is 12.3. The molecule has 0 spiro atoms. The van der Waals surface area contributed by atoms with Gasteiger partial charge in [-0.2, -0.15) is 0 Å². The molecule has 5 heteroatoms. The molecule has 2 rings (SSSR count). The maximum Gasteiger partial charge on any atom is 0.186 e. The van der Waals surface area contributed by atoms with Crippen molar-refractivity contribution in [3.05, 3.63) is 35.9 Å². The van der Waals surface area contributed by atoms with Gasteiger partial charge in [0.1, 0.15) is 6.10 Å². The van der Waals surface area contributed by atoms with E-state index in [2.05, 4.69) is 15.9 Å². The van der Waals surface area contributed by atoms with Gasteiger partial charge in [-0.1, -0.05) is 46.3 Å². The van der Waals surface area contributed by atoms with Gasteiger partial charge in [-0.05, 0) is 5.56 Å². The van der Waals surface area contributed by atoms with Crippen LogP contribution in [0.25, 0.3) is 0 Å². The van der Waals surface area contributed by atoms with Crippen molar-refractivity contribution in [3.63, 3.8) is 0 Å². The Balaban J connectivity index is 1.87. The first-order chi connectivity index (χ1) is 8.18. The third-order valence-electron chi connectivity index (χ3n) is 2.68. The predicted molar refractivity (Wildman–Crippen MR) is 65.7 cm³/mol. The van der Waals surface area contributed by atoms with Crippen LogP contribution in [0.4, 0.5) is 0 Å². The van der Waals surface area contributed by atoms with Crippen LogP contribution >= 0.6 is 15.9 Å². The highest BCUT2D eigenvalue weighted by molar-refractivity contribution is 9.09. The van der Waals surface area contributed by atoms with E-state index in [0.29, 0.717) is 13.2 Å². The van der Waals surface area contributed by atoms with Crippen molar-refractivity contribution < 1.29 is 19.7 Å². The van der Waals surface area contributed by atoms with E-state index in [4.69, 9.17) is 9.47 Å². The minimum Gasteiger partial charge on any atom is -0.389 e. The van der Waals surface area contributed by atoms with Crippen molar-refractivity contribution in [2.24, 2.45) is 0 Å². The van der Waals surface area contributed by atoms with E-state index in [9.17, 15) is 10.2 Å². The number of halogens is 1. The number of hydrogen-bond donors (Lipinski definition) is 2. The molecule has 1 aromatic carbocycles. The average Bonchev–Trinajstić information content (AvgIpc) is 2.36. The Morgan fingerprint density at radius 3 is 2.65 bits per heavy atom. The molecule has 1 aromatic rings. The van der Waals surface area contributed by atoms with E-state index < -0.39 is 18.5 Å². The lowest BCUT2D eigenvalue weighted by Crippen LogP contribution is -2.51. The summed E-state index contributed by atoms with van der Waals surface area (Å²) in [5.41, 5.74) is 0.999. The summed E-state index contributed by atoms with van der Waals surface area (Å²) < 4.78 is 10.8. The molecule has 17 heavy (non-hydrogen) atoms. The highest BCUT2D eigenvalue weighted by Crippen LogP contribution is 2.22. The standard InChI is InChI=1S/C12H15BrO4/c13-9-7-17-12(11(15)10(9)14)16-6-8-4-2-1-3-5-8/h1-5,9-12,14-15H,6-7H2/t9-,10+,11+,12+/m1/s1. The Bertz CT molecular complexity index is 346. The number of rotatable bonds is 3. The predicted octanol–water partition coefficient (Wildman–Crippen LogP) is 1.04. The van der Waals surface area contributed by atoms with Crippen molar-refractivity contribution in [3.8, 4) is 0 Å². The van der Waals surface area contributed by atoms with Crippen molar-refractivity contribution in [1.29, 1.82) is 0 Å². The van der Waals surface area contributed by atoms with Crippen LogP contribution in [0.2, 0.25) is 0 Å². The molecule has 1 aliphatic heterocycles.